The van der Waals surface area contributed by atoms with Crippen LogP contribution >= 0.6 is 0 Å². The van der Waals surface area contributed by atoms with Gasteiger partial charge in [-0.2, -0.15) is 0 Å². The first-order valence-corrected chi connectivity index (χ1v) is 6.04. The van der Waals surface area contributed by atoms with Gasteiger partial charge in [-0.15, -0.1) is 0 Å². The number of nitrogens with zero attached hydrogens (tertiary/aromatic N) is 1. The molecule has 0 aromatic heterocycles. The molecular weight excluding hydrogens is 217 g/mol. The van der Waals surface area contributed by atoms with Crippen molar-refractivity contribution in [2.75, 3.05) is 13.6 Å². The van der Waals surface area contributed by atoms with Gasteiger partial charge in [-0.25, -0.2) is 4.39 Å². The molecule has 0 aliphatic heterocycles. The van der Waals surface area contributed by atoms with Crippen molar-refractivity contribution in [2.45, 2.75) is 32.6 Å². The molecule has 1 aromatic carbocycles. The third kappa shape index (κ3) is 4.98. The van der Waals surface area contributed by atoms with E-state index in [-0.39, 0.29) is 5.82 Å². The van der Waals surface area contributed by atoms with Gasteiger partial charge in [0.25, 0.3) is 0 Å². The quantitative estimate of drug-likeness (QED) is 0.527. The summed E-state index contributed by atoms with van der Waals surface area (Å²) in [4.78, 5) is 12.0. The van der Waals surface area contributed by atoms with Gasteiger partial charge < -0.3 is 4.90 Å². The lowest BCUT2D eigenvalue weighted by atomic mass is 10.0. The van der Waals surface area contributed by atoms with Crippen molar-refractivity contribution in [2.24, 2.45) is 0 Å². The SMILES string of the molecule is Cc1ccc(F)cc1CCCCCN(C)C=O. The minimum atomic E-state index is -0.161. The van der Waals surface area contributed by atoms with Crippen molar-refractivity contribution in [3.05, 3.63) is 35.1 Å². The minimum Gasteiger partial charge on any atom is -0.348 e. The van der Waals surface area contributed by atoms with E-state index in [1.807, 2.05) is 13.0 Å². The van der Waals surface area contributed by atoms with Crippen LogP contribution < -0.4 is 0 Å². The molecule has 0 heterocycles. The van der Waals surface area contributed by atoms with E-state index in [4.69, 9.17) is 0 Å². The summed E-state index contributed by atoms with van der Waals surface area (Å²) in [6.45, 7) is 2.81. The summed E-state index contributed by atoms with van der Waals surface area (Å²) in [5, 5.41) is 0. The number of carbonyl (C=O) groups excluding carboxylic acids is 1. The standard InChI is InChI=1S/C14H20FNO/c1-12-7-8-14(15)10-13(12)6-4-3-5-9-16(2)11-17/h7-8,10-11H,3-6,9H2,1-2H3. The number of aryl methyl sites for hydroxylation is 2. The van der Waals surface area contributed by atoms with Crippen LogP contribution in [0.4, 0.5) is 4.39 Å². The highest BCUT2D eigenvalue weighted by Crippen LogP contribution is 2.13. The lowest BCUT2D eigenvalue weighted by molar-refractivity contribution is -0.117. The number of unbranched alkanes of at least 4 members (excludes halogenated alkanes) is 2. The summed E-state index contributed by atoms with van der Waals surface area (Å²) in [7, 11) is 1.78. The number of amides is 1. The van der Waals surface area contributed by atoms with Gasteiger partial charge in [0.05, 0.1) is 0 Å². The van der Waals surface area contributed by atoms with Gasteiger partial charge in [0.15, 0.2) is 0 Å². The summed E-state index contributed by atoms with van der Waals surface area (Å²) in [6, 6.07) is 4.94. The number of rotatable bonds is 7. The average Bonchev–Trinajstić information content (AvgIpc) is 2.32. The second kappa shape index (κ2) is 7.05. The summed E-state index contributed by atoms with van der Waals surface area (Å²) < 4.78 is 13.0. The molecule has 17 heavy (non-hydrogen) atoms. The summed E-state index contributed by atoms with van der Waals surface area (Å²) in [6.07, 6.45) is 4.86. The topological polar surface area (TPSA) is 20.3 Å². The molecule has 0 N–H and O–H groups in total. The van der Waals surface area contributed by atoms with E-state index >= 15 is 0 Å². The summed E-state index contributed by atoms with van der Waals surface area (Å²) in [5.41, 5.74) is 2.24. The minimum absolute atomic E-state index is 0.161. The van der Waals surface area contributed by atoms with E-state index in [9.17, 15) is 9.18 Å². The summed E-state index contributed by atoms with van der Waals surface area (Å²) >= 11 is 0. The molecule has 0 atom stereocenters. The van der Waals surface area contributed by atoms with E-state index in [0.29, 0.717) is 0 Å². The van der Waals surface area contributed by atoms with Crippen LogP contribution in [0.5, 0.6) is 0 Å². The molecule has 1 aromatic rings. The lowest BCUT2D eigenvalue weighted by Gasteiger charge is -2.10. The molecule has 0 spiro atoms. The number of benzene rings is 1. The second-order valence-corrected chi connectivity index (χ2v) is 4.47. The Balaban J connectivity index is 2.26. The zero-order valence-corrected chi connectivity index (χ0v) is 10.6. The fourth-order valence-electron chi connectivity index (χ4n) is 1.82. The second-order valence-electron chi connectivity index (χ2n) is 4.47. The van der Waals surface area contributed by atoms with E-state index in [2.05, 4.69) is 0 Å². The maximum atomic E-state index is 13.0. The molecule has 0 unspecified atom stereocenters. The summed E-state index contributed by atoms with van der Waals surface area (Å²) in [5.74, 6) is -0.161. The molecule has 0 bridgehead atoms. The van der Waals surface area contributed by atoms with Gasteiger partial charge in [-0.05, 0) is 49.4 Å². The number of carbonyl (C=O) groups is 1. The van der Waals surface area contributed by atoms with Crippen LogP contribution in [0.3, 0.4) is 0 Å². The Hall–Kier alpha value is -1.38. The number of halogens is 1. The van der Waals surface area contributed by atoms with Gasteiger partial charge in [-0.3, -0.25) is 4.79 Å². The first-order chi connectivity index (χ1) is 8.13. The fraction of sp³-hybridized carbons (Fsp3) is 0.500. The molecule has 0 saturated heterocycles. The monoisotopic (exact) mass is 237 g/mol. The largest absolute Gasteiger partial charge is 0.348 e. The zero-order valence-electron chi connectivity index (χ0n) is 10.6. The molecule has 0 radical (unpaired) electrons. The third-order valence-electron chi connectivity index (χ3n) is 2.95. The van der Waals surface area contributed by atoms with Crippen LogP contribution in [-0.2, 0) is 11.2 Å². The molecule has 0 aliphatic rings. The highest BCUT2D eigenvalue weighted by atomic mass is 19.1. The lowest BCUT2D eigenvalue weighted by Crippen LogP contribution is -2.16. The predicted octanol–water partition coefficient (Wildman–Crippen LogP) is 2.94. The number of hydrogen-bond acceptors (Lipinski definition) is 1. The molecule has 0 saturated carbocycles. The Kier molecular flexibility index (Phi) is 5.67. The first kappa shape index (κ1) is 13.7. The highest BCUT2D eigenvalue weighted by molar-refractivity contribution is 5.46. The Morgan fingerprint density at radius 1 is 1.29 bits per heavy atom. The van der Waals surface area contributed by atoms with E-state index in [1.165, 1.54) is 6.07 Å². The Bertz CT molecular complexity index is 365. The fourth-order valence-corrected chi connectivity index (χ4v) is 1.82. The predicted molar refractivity (Wildman–Crippen MR) is 67.4 cm³/mol. The average molecular weight is 237 g/mol. The van der Waals surface area contributed by atoms with E-state index in [1.54, 1.807) is 18.0 Å². The van der Waals surface area contributed by atoms with Gasteiger partial charge in [0.1, 0.15) is 5.82 Å². The van der Waals surface area contributed by atoms with Crippen LogP contribution in [-0.4, -0.2) is 24.9 Å². The van der Waals surface area contributed by atoms with Gasteiger partial charge in [-0.1, -0.05) is 12.5 Å². The van der Waals surface area contributed by atoms with Crippen molar-refractivity contribution < 1.29 is 9.18 Å². The van der Waals surface area contributed by atoms with Crippen molar-refractivity contribution >= 4 is 6.41 Å². The maximum absolute atomic E-state index is 13.0. The van der Waals surface area contributed by atoms with Crippen LogP contribution in [0.2, 0.25) is 0 Å². The molecule has 3 heteroatoms. The molecule has 1 amide bonds. The first-order valence-electron chi connectivity index (χ1n) is 6.04. The Morgan fingerprint density at radius 3 is 2.76 bits per heavy atom. The van der Waals surface area contributed by atoms with E-state index in [0.717, 1.165) is 49.8 Å². The highest BCUT2D eigenvalue weighted by Gasteiger charge is 2.01. The smallest absolute Gasteiger partial charge is 0.209 e. The zero-order chi connectivity index (χ0) is 12.7. The van der Waals surface area contributed by atoms with Crippen LogP contribution in [0.1, 0.15) is 30.4 Å². The molecule has 1 rings (SSSR count). The Labute approximate surface area is 102 Å². The van der Waals surface area contributed by atoms with Crippen molar-refractivity contribution in [1.29, 1.82) is 0 Å². The number of hydrogen-bond donors (Lipinski definition) is 0. The molecule has 0 fully saturated rings. The molecule has 0 aliphatic carbocycles. The van der Waals surface area contributed by atoms with E-state index < -0.39 is 0 Å². The van der Waals surface area contributed by atoms with Gasteiger partial charge >= 0.3 is 0 Å². The Morgan fingerprint density at radius 2 is 2.06 bits per heavy atom. The van der Waals surface area contributed by atoms with Crippen LogP contribution in [0.25, 0.3) is 0 Å². The maximum Gasteiger partial charge on any atom is 0.209 e. The third-order valence-corrected chi connectivity index (χ3v) is 2.95. The molecular formula is C14H20FNO. The molecule has 2 nitrogen and oxygen atoms in total. The van der Waals surface area contributed by atoms with Crippen molar-refractivity contribution in [1.82, 2.24) is 4.90 Å². The van der Waals surface area contributed by atoms with Gasteiger partial charge in [0, 0.05) is 13.6 Å². The molecule has 94 valence electrons. The van der Waals surface area contributed by atoms with Crippen LogP contribution in [0, 0.1) is 12.7 Å². The van der Waals surface area contributed by atoms with Crippen molar-refractivity contribution in [3.8, 4) is 0 Å². The normalized spacial score (nSPS) is 10.3. The van der Waals surface area contributed by atoms with Gasteiger partial charge in [0.2, 0.25) is 6.41 Å². The van der Waals surface area contributed by atoms with Crippen molar-refractivity contribution in [3.63, 3.8) is 0 Å². The van der Waals surface area contributed by atoms with Crippen LogP contribution in [0.15, 0.2) is 18.2 Å².